The number of esters is 1. The fourth-order valence-corrected chi connectivity index (χ4v) is 3.77. The van der Waals surface area contributed by atoms with Gasteiger partial charge in [0.25, 0.3) is 5.91 Å². The highest BCUT2D eigenvalue weighted by molar-refractivity contribution is 5.92. The lowest BCUT2D eigenvalue weighted by atomic mass is 10.1. The number of nitrogens with one attached hydrogen (secondary N) is 1. The van der Waals surface area contributed by atoms with Crippen molar-refractivity contribution in [2.75, 3.05) is 13.2 Å². The van der Waals surface area contributed by atoms with Gasteiger partial charge in [0.2, 0.25) is 0 Å². The number of amides is 1. The van der Waals surface area contributed by atoms with Crippen molar-refractivity contribution in [2.24, 2.45) is 5.10 Å². The second kappa shape index (κ2) is 13.1. The molecule has 0 heterocycles. The van der Waals surface area contributed by atoms with Crippen LogP contribution < -0.4 is 24.4 Å². The minimum absolute atomic E-state index is 0.272. The van der Waals surface area contributed by atoms with Crippen LogP contribution in [0.1, 0.15) is 36.7 Å². The first-order valence-electron chi connectivity index (χ1n) is 12.7. The van der Waals surface area contributed by atoms with Crippen molar-refractivity contribution in [1.82, 2.24) is 5.43 Å². The lowest BCUT2D eigenvalue weighted by Crippen LogP contribution is -2.33. The summed E-state index contributed by atoms with van der Waals surface area (Å²) in [6, 6.07) is 25.2. The highest BCUT2D eigenvalue weighted by atomic mass is 16.6. The molecular formula is C31H30N2O6. The molecule has 0 saturated heterocycles. The summed E-state index contributed by atoms with van der Waals surface area (Å²) in [5.74, 6) is 1.03. The van der Waals surface area contributed by atoms with Crippen LogP contribution in [0.5, 0.6) is 23.0 Å². The van der Waals surface area contributed by atoms with Crippen molar-refractivity contribution in [1.29, 1.82) is 0 Å². The van der Waals surface area contributed by atoms with E-state index < -0.39 is 18.0 Å². The second-order valence-corrected chi connectivity index (χ2v) is 8.46. The zero-order valence-electron chi connectivity index (χ0n) is 22.0. The van der Waals surface area contributed by atoms with Crippen LogP contribution in [0.15, 0.2) is 90.0 Å². The molecule has 0 saturated carbocycles. The van der Waals surface area contributed by atoms with E-state index in [9.17, 15) is 9.59 Å². The molecule has 8 heteroatoms. The normalized spacial score (nSPS) is 11.7. The van der Waals surface area contributed by atoms with Crippen molar-refractivity contribution >= 4 is 28.9 Å². The van der Waals surface area contributed by atoms with Gasteiger partial charge in [-0.25, -0.2) is 10.2 Å². The Labute approximate surface area is 227 Å². The molecule has 1 N–H and O–H groups in total. The van der Waals surface area contributed by atoms with Gasteiger partial charge in [0.05, 0.1) is 25.0 Å². The van der Waals surface area contributed by atoms with E-state index in [0.717, 1.165) is 10.8 Å². The Balaban J connectivity index is 1.38. The molecule has 0 fully saturated rings. The maximum absolute atomic E-state index is 12.6. The third-order valence-corrected chi connectivity index (χ3v) is 5.68. The molecule has 0 bridgehead atoms. The third-order valence-electron chi connectivity index (χ3n) is 5.68. The molecule has 4 aromatic carbocycles. The van der Waals surface area contributed by atoms with Gasteiger partial charge in [0.1, 0.15) is 11.5 Å². The van der Waals surface area contributed by atoms with E-state index in [4.69, 9.17) is 18.9 Å². The number of hydrazone groups is 1. The quantitative estimate of drug-likeness (QED) is 0.115. The summed E-state index contributed by atoms with van der Waals surface area (Å²) in [4.78, 5) is 25.2. The Morgan fingerprint density at radius 2 is 1.59 bits per heavy atom. The fraction of sp³-hybridized carbons (Fsp3) is 0.194. The lowest BCUT2D eigenvalue weighted by Gasteiger charge is -2.14. The molecule has 1 atom stereocenters. The van der Waals surface area contributed by atoms with Crippen LogP contribution in [0.4, 0.5) is 0 Å². The zero-order valence-corrected chi connectivity index (χ0v) is 22.0. The van der Waals surface area contributed by atoms with E-state index in [2.05, 4.69) is 10.5 Å². The van der Waals surface area contributed by atoms with E-state index in [0.29, 0.717) is 41.6 Å². The average molecular weight is 527 g/mol. The highest BCUT2D eigenvalue weighted by Crippen LogP contribution is 2.29. The summed E-state index contributed by atoms with van der Waals surface area (Å²) in [5, 5.41) is 6.00. The minimum atomic E-state index is -0.767. The predicted molar refractivity (Wildman–Crippen MR) is 150 cm³/mol. The first-order valence-corrected chi connectivity index (χ1v) is 12.7. The molecule has 0 aliphatic carbocycles. The van der Waals surface area contributed by atoms with E-state index in [1.165, 1.54) is 6.21 Å². The fourth-order valence-electron chi connectivity index (χ4n) is 3.77. The second-order valence-electron chi connectivity index (χ2n) is 8.46. The van der Waals surface area contributed by atoms with Crippen LogP contribution in [-0.4, -0.2) is 37.4 Å². The van der Waals surface area contributed by atoms with Gasteiger partial charge in [0.15, 0.2) is 17.6 Å². The van der Waals surface area contributed by atoms with Crippen molar-refractivity contribution in [2.45, 2.75) is 26.9 Å². The molecule has 0 aliphatic heterocycles. The van der Waals surface area contributed by atoms with Crippen LogP contribution in [0.2, 0.25) is 0 Å². The van der Waals surface area contributed by atoms with Gasteiger partial charge >= 0.3 is 5.97 Å². The number of fused-ring (bicyclic) bond motifs is 1. The third kappa shape index (κ3) is 7.13. The molecule has 4 rings (SSSR count). The summed E-state index contributed by atoms with van der Waals surface area (Å²) in [7, 11) is 0. The van der Waals surface area contributed by atoms with Gasteiger partial charge in [-0.3, -0.25) is 4.79 Å². The monoisotopic (exact) mass is 526 g/mol. The summed E-state index contributed by atoms with van der Waals surface area (Å²) in [5.41, 5.74) is 3.53. The number of rotatable bonds is 11. The molecule has 200 valence electrons. The van der Waals surface area contributed by atoms with Crippen LogP contribution in [0.3, 0.4) is 0 Å². The van der Waals surface area contributed by atoms with Crippen LogP contribution >= 0.6 is 0 Å². The topological polar surface area (TPSA) is 95.5 Å². The maximum atomic E-state index is 12.6. The molecule has 0 aromatic heterocycles. The Kier molecular flexibility index (Phi) is 9.13. The van der Waals surface area contributed by atoms with Gasteiger partial charge in [-0.05, 0) is 80.3 Å². The number of hydrogen-bond acceptors (Lipinski definition) is 7. The summed E-state index contributed by atoms with van der Waals surface area (Å²) in [6.07, 6.45) is 0.708. The first kappa shape index (κ1) is 27.2. The molecule has 4 aromatic rings. The van der Waals surface area contributed by atoms with Gasteiger partial charge in [-0.15, -0.1) is 0 Å². The van der Waals surface area contributed by atoms with Crippen molar-refractivity contribution in [3.8, 4) is 23.0 Å². The smallest absolute Gasteiger partial charge is 0.343 e. The summed E-state index contributed by atoms with van der Waals surface area (Å²) >= 11 is 0. The summed E-state index contributed by atoms with van der Waals surface area (Å²) in [6.45, 7) is 6.29. The molecule has 0 radical (unpaired) electrons. The SMILES string of the molecule is CCOc1ccc(C(=O)Oc2ccc(/C=N\NC(=O)[C@@H](C)Oc3cccc4ccccc34)cc2OCC)cc1. The number of ether oxygens (including phenoxy) is 4. The van der Waals surface area contributed by atoms with Gasteiger partial charge in [-0.2, -0.15) is 5.10 Å². The van der Waals surface area contributed by atoms with Crippen LogP contribution in [0, 0.1) is 0 Å². The Morgan fingerprint density at radius 3 is 2.36 bits per heavy atom. The molecular weight excluding hydrogens is 496 g/mol. The molecule has 0 spiro atoms. The van der Waals surface area contributed by atoms with Crippen LogP contribution in [0.25, 0.3) is 10.8 Å². The average Bonchev–Trinajstić information content (AvgIpc) is 2.95. The van der Waals surface area contributed by atoms with Crippen molar-refractivity contribution < 1.29 is 28.5 Å². The van der Waals surface area contributed by atoms with E-state index in [-0.39, 0.29) is 5.75 Å². The predicted octanol–water partition coefficient (Wildman–Crippen LogP) is 5.77. The van der Waals surface area contributed by atoms with Gasteiger partial charge < -0.3 is 18.9 Å². The van der Waals surface area contributed by atoms with Gasteiger partial charge in [0, 0.05) is 5.39 Å². The largest absolute Gasteiger partial charge is 0.494 e. The van der Waals surface area contributed by atoms with E-state index in [1.807, 2.05) is 56.3 Å². The molecule has 1 amide bonds. The standard InChI is InChI=1S/C31H30N2O6/c1-4-36-25-16-14-24(15-17-25)31(35)39-28-18-13-22(19-29(28)37-5-2)20-32-33-30(34)21(3)38-27-12-8-10-23-9-6-7-11-26(23)27/h6-21H,4-5H2,1-3H3,(H,33,34)/b32-20-/t21-/m1/s1. The number of carbonyl (C=O) groups excluding carboxylic acids is 2. The Hall–Kier alpha value is -4.85. The number of hydrogen-bond donors (Lipinski definition) is 1. The molecule has 0 aliphatic rings. The highest BCUT2D eigenvalue weighted by Gasteiger charge is 2.16. The maximum Gasteiger partial charge on any atom is 0.343 e. The number of benzene rings is 4. The van der Waals surface area contributed by atoms with Crippen molar-refractivity contribution in [3.05, 3.63) is 96.1 Å². The first-order chi connectivity index (χ1) is 19.0. The summed E-state index contributed by atoms with van der Waals surface area (Å²) < 4.78 is 22.5. The van der Waals surface area contributed by atoms with Crippen LogP contribution in [-0.2, 0) is 4.79 Å². The zero-order chi connectivity index (χ0) is 27.6. The molecule has 0 unspecified atom stereocenters. The molecule has 39 heavy (non-hydrogen) atoms. The van der Waals surface area contributed by atoms with Gasteiger partial charge in [-0.1, -0.05) is 36.4 Å². The van der Waals surface area contributed by atoms with E-state index >= 15 is 0 Å². The molecule has 8 nitrogen and oxygen atoms in total. The lowest BCUT2D eigenvalue weighted by molar-refractivity contribution is -0.127. The Bertz CT molecular complexity index is 1460. The van der Waals surface area contributed by atoms with E-state index in [1.54, 1.807) is 49.4 Å². The number of nitrogens with zero attached hydrogens (tertiary/aromatic N) is 1. The van der Waals surface area contributed by atoms with Crippen molar-refractivity contribution in [3.63, 3.8) is 0 Å². The number of carbonyl (C=O) groups is 2. The Morgan fingerprint density at radius 1 is 0.846 bits per heavy atom. The minimum Gasteiger partial charge on any atom is -0.494 e.